The number of rotatable bonds is 5. The van der Waals surface area contributed by atoms with Crippen molar-refractivity contribution in [2.75, 3.05) is 19.8 Å². The van der Waals surface area contributed by atoms with Gasteiger partial charge in [0, 0.05) is 12.6 Å². The third-order valence-corrected chi connectivity index (χ3v) is 3.57. The summed E-state index contributed by atoms with van der Waals surface area (Å²) in [7, 11) is 0. The number of nitrogens with two attached hydrogens (primary N) is 1. The number of ether oxygens (including phenoxy) is 2. The second-order valence-corrected chi connectivity index (χ2v) is 5.04. The number of hydrogen-bond acceptors (Lipinski definition) is 6. The molecule has 2 heterocycles. The molecule has 0 bridgehead atoms. The number of hydrogen-bond donors (Lipinski definition) is 1. The largest absolute Gasteiger partial charge is 0.379 e. The summed E-state index contributed by atoms with van der Waals surface area (Å²) in [4.78, 5) is 4.48. The highest BCUT2D eigenvalue weighted by Crippen LogP contribution is 2.27. The molecule has 3 rings (SSSR count). The van der Waals surface area contributed by atoms with E-state index in [9.17, 15) is 0 Å². The fourth-order valence-corrected chi connectivity index (χ4v) is 2.44. The van der Waals surface area contributed by atoms with Crippen molar-refractivity contribution >= 4 is 0 Å². The Morgan fingerprint density at radius 3 is 2.81 bits per heavy atom. The normalized spacial score (nSPS) is 23.3. The first-order valence-electron chi connectivity index (χ1n) is 7.13. The molecule has 0 spiro atoms. The molecule has 1 aromatic carbocycles. The van der Waals surface area contributed by atoms with Crippen LogP contribution in [0.5, 0.6) is 0 Å². The minimum absolute atomic E-state index is 0.0377. The van der Waals surface area contributed by atoms with Gasteiger partial charge in [0.15, 0.2) is 0 Å². The van der Waals surface area contributed by atoms with Crippen molar-refractivity contribution in [3.8, 4) is 0 Å². The first kappa shape index (κ1) is 14.2. The Morgan fingerprint density at radius 1 is 1.33 bits per heavy atom. The molecule has 0 saturated carbocycles. The van der Waals surface area contributed by atoms with Crippen LogP contribution in [0.15, 0.2) is 34.9 Å². The van der Waals surface area contributed by atoms with Crippen molar-refractivity contribution in [1.29, 1.82) is 0 Å². The van der Waals surface area contributed by atoms with Gasteiger partial charge in [-0.25, -0.2) is 0 Å². The van der Waals surface area contributed by atoms with Crippen LogP contribution >= 0.6 is 0 Å². The zero-order valence-corrected chi connectivity index (χ0v) is 11.9. The molecule has 0 aliphatic carbocycles. The first-order chi connectivity index (χ1) is 10.3. The highest BCUT2D eigenvalue weighted by atomic mass is 16.5. The van der Waals surface area contributed by atoms with Crippen molar-refractivity contribution in [3.63, 3.8) is 0 Å². The van der Waals surface area contributed by atoms with Gasteiger partial charge in [0.25, 0.3) is 0 Å². The van der Waals surface area contributed by atoms with Crippen LogP contribution in [0.1, 0.15) is 36.2 Å². The summed E-state index contributed by atoms with van der Waals surface area (Å²) in [6.07, 6.45) is -0.327. The van der Waals surface area contributed by atoms with Gasteiger partial charge in [0.2, 0.25) is 11.7 Å². The van der Waals surface area contributed by atoms with Gasteiger partial charge in [-0.3, -0.25) is 0 Å². The minimum atomic E-state index is -0.327. The number of nitrogens with zero attached hydrogens (tertiary/aromatic N) is 2. The predicted molar refractivity (Wildman–Crippen MR) is 75.7 cm³/mol. The fourth-order valence-electron chi connectivity index (χ4n) is 2.44. The molecule has 3 unspecified atom stereocenters. The summed E-state index contributed by atoms with van der Waals surface area (Å²) in [5.41, 5.74) is 6.98. The summed E-state index contributed by atoms with van der Waals surface area (Å²) in [6.45, 7) is 3.55. The molecular weight excluding hydrogens is 270 g/mol. The lowest BCUT2D eigenvalue weighted by Gasteiger charge is -2.13. The Hall–Kier alpha value is -1.76. The van der Waals surface area contributed by atoms with E-state index in [1.54, 1.807) is 0 Å². The van der Waals surface area contributed by atoms with Gasteiger partial charge in [-0.2, -0.15) is 4.98 Å². The smallest absolute Gasteiger partial charge is 0.233 e. The molecular formula is C15H19N3O3. The lowest BCUT2D eigenvalue weighted by atomic mass is 10.1. The fraction of sp³-hybridized carbons (Fsp3) is 0.467. The van der Waals surface area contributed by atoms with E-state index in [0.29, 0.717) is 31.5 Å². The Kier molecular flexibility index (Phi) is 4.28. The van der Waals surface area contributed by atoms with Crippen LogP contribution in [0, 0.1) is 0 Å². The Morgan fingerprint density at radius 2 is 2.14 bits per heavy atom. The maximum absolute atomic E-state index is 5.98. The maximum Gasteiger partial charge on any atom is 0.233 e. The highest BCUT2D eigenvalue weighted by molar-refractivity contribution is 5.23. The van der Waals surface area contributed by atoms with Crippen LogP contribution in [0.2, 0.25) is 0 Å². The van der Waals surface area contributed by atoms with E-state index in [2.05, 4.69) is 10.1 Å². The number of benzene rings is 1. The van der Waals surface area contributed by atoms with E-state index in [-0.39, 0.29) is 18.1 Å². The first-order valence-corrected chi connectivity index (χ1v) is 7.13. The topological polar surface area (TPSA) is 83.4 Å². The standard InChI is InChI=1S/C15H19N3O3/c1-2-20-13(10-6-4-3-5-7-10)14-17-15(21-18-14)11-8-19-9-12(11)16/h3-7,11-13H,2,8-9,16H2,1H3. The molecule has 1 aliphatic heterocycles. The molecule has 1 saturated heterocycles. The third kappa shape index (κ3) is 2.97. The lowest BCUT2D eigenvalue weighted by Crippen LogP contribution is -2.27. The van der Waals surface area contributed by atoms with E-state index in [1.807, 2.05) is 37.3 Å². The van der Waals surface area contributed by atoms with Gasteiger partial charge >= 0.3 is 0 Å². The second kappa shape index (κ2) is 6.34. The predicted octanol–water partition coefficient (Wildman–Crippen LogP) is 1.64. The van der Waals surface area contributed by atoms with Crippen molar-refractivity contribution in [2.45, 2.75) is 25.0 Å². The van der Waals surface area contributed by atoms with Gasteiger partial charge in [-0.1, -0.05) is 35.5 Å². The zero-order valence-electron chi connectivity index (χ0n) is 11.9. The van der Waals surface area contributed by atoms with Crippen LogP contribution in [0.3, 0.4) is 0 Å². The van der Waals surface area contributed by atoms with Crippen LogP contribution in [-0.2, 0) is 9.47 Å². The molecule has 6 nitrogen and oxygen atoms in total. The van der Waals surface area contributed by atoms with Crippen LogP contribution < -0.4 is 5.73 Å². The van der Waals surface area contributed by atoms with Crippen molar-refractivity contribution < 1.29 is 14.0 Å². The van der Waals surface area contributed by atoms with Crippen molar-refractivity contribution in [2.24, 2.45) is 5.73 Å². The molecule has 0 amide bonds. The van der Waals surface area contributed by atoms with Gasteiger partial charge in [0.1, 0.15) is 6.10 Å². The molecule has 2 aromatic rings. The van der Waals surface area contributed by atoms with E-state index < -0.39 is 0 Å². The molecule has 1 aliphatic rings. The Bertz CT molecular complexity index is 573. The summed E-state index contributed by atoms with van der Waals surface area (Å²) < 4.78 is 16.5. The summed E-state index contributed by atoms with van der Waals surface area (Å²) in [6, 6.07) is 9.76. The zero-order chi connectivity index (χ0) is 14.7. The Labute approximate surface area is 123 Å². The second-order valence-electron chi connectivity index (χ2n) is 5.04. The maximum atomic E-state index is 5.98. The van der Waals surface area contributed by atoms with Gasteiger partial charge < -0.3 is 19.7 Å². The van der Waals surface area contributed by atoms with Crippen molar-refractivity contribution in [1.82, 2.24) is 10.1 Å². The molecule has 21 heavy (non-hydrogen) atoms. The molecule has 2 N–H and O–H groups in total. The monoisotopic (exact) mass is 289 g/mol. The van der Waals surface area contributed by atoms with E-state index >= 15 is 0 Å². The average Bonchev–Trinajstić information content (AvgIpc) is 3.14. The minimum Gasteiger partial charge on any atom is -0.379 e. The van der Waals surface area contributed by atoms with Crippen LogP contribution in [-0.4, -0.2) is 36.0 Å². The molecule has 1 aromatic heterocycles. The molecule has 3 atom stereocenters. The lowest BCUT2D eigenvalue weighted by molar-refractivity contribution is 0.0833. The highest BCUT2D eigenvalue weighted by Gasteiger charge is 2.32. The molecule has 1 fully saturated rings. The molecule has 6 heteroatoms. The van der Waals surface area contributed by atoms with Crippen LogP contribution in [0.4, 0.5) is 0 Å². The van der Waals surface area contributed by atoms with Crippen molar-refractivity contribution in [3.05, 3.63) is 47.6 Å². The average molecular weight is 289 g/mol. The third-order valence-electron chi connectivity index (χ3n) is 3.57. The van der Waals surface area contributed by atoms with Gasteiger partial charge in [-0.15, -0.1) is 0 Å². The van der Waals surface area contributed by atoms with E-state index in [4.69, 9.17) is 19.7 Å². The number of aromatic nitrogens is 2. The SMILES string of the molecule is CCOC(c1ccccc1)c1noc(C2COCC2N)n1. The van der Waals surface area contributed by atoms with E-state index in [0.717, 1.165) is 5.56 Å². The molecule has 0 radical (unpaired) electrons. The summed E-state index contributed by atoms with van der Waals surface area (Å²) >= 11 is 0. The van der Waals surface area contributed by atoms with Gasteiger partial charge in [0.05, 0.1) is 19.1 Å². The summed E-state index contributed by atoms with van der Waals surface area (Å²) in [5.74, 6) is 1.01. The van der Waals surface area contributed by atoms with E-state index in [1.165, 1.54) is 0 Å². The Balaban J connectivity index is 1.85. The summed E-state index contributed by atoms with van der Waals surface area (Å²) in [5, 5.41) is 4.07. The van der Waals surface area contributed by atoms with Gasteiger partial charge in [-0.05, 0) is 12.5 Å². The quantitative estimate of drug-likeness (QED) is 0.900. The van der Waals surface area contributed by atoms with Crippen LogP contribution in [0.25, 0.3) is 0 Å². The molecule has 112 valence electrons.